The van der Waals surface area contributed by atoms with Crippen LogP contribution in [-0.2, 0) is 4.79 Å². The number of carbonyl (C=O) groups excluding carboxylic acids is 2. The molecule has 2 aromatic rings. The van der Waals surface area contributed by atoms with Crippen LogP contribution in [0.4, 0.5) is 18.9 Å². The number of thiophene rings is 1. The Morgan fingerprint density at radius 2 is 2.00 bits per heavy atom. The van der Waals surface area contributed by atoms with E-state index in [4.69, 9.17) is 0 Å². The molecule has 3 nitrogen and oxygen atoms in total. The second kappa shape index (κ2) is 4.41. The van der Waals surface area contributed by atoms with E-state index in [0.29, 0.717) is 21.9 Å². The number of rotatable bonds is 2. The number of benzene rings is 1. The van der Waals surface area contributed by atoms with E-state index in [-0.39, 0.29) is 5.69 Å². The summed E-state index contributed by atoms with van der Waals surface area (Å²) in [5.41, 5.74) is 0.421. The number of carbonyl (C=O) groups is 2. The van der Waals surface area contributed by atoms with E-state index in [1.165, 1.54) is 12.1 Å². The third kappa shape index (κ3) is 2.21. The molecule has 0 aliphatic rings. The highest BCUT2D eigenvalue weighted by molar-refractivity contribution is 7.18. The molecular weight excluding hydrogens is 267 g/mol. The summed E-state index contributed by atoms with van der Waals surface area (Å²) in [4.78, 5) is 21.6. The first-order valence-corrected chi connectivity index (χ1v) is 5.65. The molecule has 0 atom stereocenters. The van der Waals surface area contributed by atoms with Crippen molar-refractivity contribution in [2.24, 2.45) is 0 Å². The van der Waals surface area contributed by atoms with Crippen molar-refractivity contribution < 1.29 is 22.8 Å². The third-order valence-electron chi connectivity index (χ3n) is 2.28. The molecule has 0 unspecified atom stereocenters. The van der Waals surface area contributed by atoms with E-state index >= 15 is 0 Å². The summed E-state index contributed by atoms with van der Waals surface area (Å²) in [5.74, 6) is -2.03. The van der Waals surface area contributed by atoms with Crippen molar-refractivity contribution in [3.8, 4) is 0 Å². The van der Waals surface area contributed by atoms with Crippen LogP contribution in [0.2, 0.25) is 0 Å². The molecule has 2 rings (SSSR count). The van der Waals surface area contributed by atoms with Gasteiger partial charge in [-0.1, -0.05) is 0 Å². The van der Waals surface area contributed by atoms with E-state index < -0.39 is 12.1 Å². The lowest BCUT2D eigenvalue weighted by molar-refractivity contribution is -0.167. The van der Waals surface area contributed by atoms with E-state index in [2.05, 4.69) is 0 Å². The Morgan fingerprint density at radius 3 is 2.61 bits per heavy atom. The zero-order valence-corrected chi connectivity index (χ0v) is 9.56. The maximum absolute atomic E-state index is 12.1. The van der Waals surface area contributed by atoms with Crippen LogP contribution in [-0.4, -0.2) is 18.4 Å². The van der Waals surface area contributed by atoms with Gasteiger partial charge >= 0.3 is 12.1 Å². The molecule has 94 valence electrons. The molecule has 0 aliphatic carbocycles. The van der Waals surface area contributed by atoms with Crippen LogP contribution in [0.15, 0.2) is 23.6 Å². The van der Waals surface area contributed by atoms with E-state index in [0.717, 1.165) is 11.3 Å². The summed E-state index contributed by atoms with van der Waals surface area (Å²) in [6, 6.07) is 4.27. The largest absolute Gasteiger partial charge is 0.471 e. The van der Waals surface area contributed by atoms with Gasteiger partial charge in [-0.05, 0) is 23.6 Å². The van der Waals surface area contributed by atoms with Gasteiger partial charge in [-0.25, -0.2) is 0 Å². The summed E-state index contributed by atoms with van der Waals surface area (Å²) in [7, 11) is 0. The molecule has 0 aliphatic heterocycles. The molecule has 0 saturated carbocycles. The average molecular weight is 273 g/mol. The number of nitrogens with one attached hydrogen (secondary N) is 1. The van der Waals surface area contributed by atoms with Gasteiger partial charge in [0.15, 0.2) is 6.29 Å². The molecule has 0 radical (unpaired) electrons. The van der Waals surface area contributed by atoms with E-state index in [9.17, 15) is 22.8 Å². The summed E-state index contributed by atoms with van der Waals surface area (Å²) in [6.07, 6.45) is -4.32. The van der Waals surface area contributed by atoms with Gasteiger partial charge in [-0.15, -0.1) is 11.3 Å². The zero-order chi connectivity index (χ0) is 13.3. The Morgan fingerprint density at radius 1 is 1.28 bits per heavy atom. The SMILES string of the molecule is O=Cc1ccc(NC(=O)C(F)(F)F)c2sccc12. The summed E-state index contributed by atoms with van der Waals surface area (Å²) in [5, 5.41) is 3.96. The van der Waals surface area contributed by atoms with Crippen molar-refractivity contribution in [1.29, 1.82) is 0 Å². The summed E-state index contributed by atoms with van der Waals surface area (Å²) < 4.78 is 36.9. The average Bonchev–Trinajstić information content (AvgIpc) is 2.77. The van der Waals surface area contributed by atoms with Crippen LogP contribution in [0.3, 0.4) is 0 Å². The van der Waals surface area contributed by atoms with Crippen molar-refractivity contribution in [3.63, 3.8) is 0 Å². The minimum atomic E-state index is -4.94. The molecule has 1 aromatic heterocycles. The van der Waals surface area contributed by atoms with Gasteiger partial charge in [0, 0.05) is 10.9 Å². The van der Waals surface area contributed by atoms with Crippen LogP contribution in [0.1, 0.15) is 10.4 Å². The predicted octanol–water partition coefficient (Wildman–Crippen LogP) is 3.21. The highest BCUT2D eigenvalue weighted by Crippen LogP contribution is 2.32. The Labute approximate surface area is 103 Å². The fraction of sp³-hybridized carbons (Fsp3) is 0.0909. The van der Waals surface area contributed by atoms with Crippen molar-refractivity contribution in [3.05, 3.63) is 29.1 Å². The van der Waals surface area contributed by atoms with E-state index in [1.807, 2.05) is 0 Å². The minimum Gasteiger partial charge on any atom is -0.317 e. The van der Waals surface area contributed by atoms with Gasteiger partial charge in [-0.3, -0.25) is 9.59 Å². The highest BCUT2D eigenvalue weighted by atomic mass is 32.1. The van der Waals surface area contributed by atoms with Crippen LogP contribution in [0, 0.1) is 0 Å². The summed E-state index contributed by atoms with van der Waals surface area (Å²) >= 11 is 1.16. The molecule has 0 bridgehead atoms. The smallest absolute Gasteiger partial charge is 0.317 e. The van der Waals surface area contributed by atoms with Crippen LogP contribution < -0.4 is 5.32 Å². The first-order chi connectivity index (χ1) is 8.43. The lowest BCUT2D eigenvalue weighted by Gasteiger charge is -2.09. The Bertz CT molecular complexity index is 618. The van der Waals surface area contributed by atoms with Crippen molar-refractivity contribution in [2.45, 2.75) is 6.18 Å². The molecule has 18 heavy (non-hydrogen) atoms. The zero-order valence-electron chi connectivity index (χ0n) is 8.75. The lowest BCUT2D eigenvalue weighted by Crippen LogP contribution is -2.29. The third-order valence-corrected chi connectivity index (χ3v) is 3.23. The van der Waals surface area contributed by atoms with Gasteiger partial charge in [0.2, 0.25) is 0 Å². The predicted molar refractivity (Wildman–Crippen MR) is 61.9 cm³/mol. The minimum absolute atomic E-state index is 0.0490. The van der Waals surface area contributed by atoms with Crippen molar-refractivity contribution in [2.75, 3.05) is 5.32 Å². The van der Waals surface area contributed by atoms with E-state index in [1.54, 1.807) is 16.8 Å². The molecule has 0 saturated heterocycles. The number of aldehydes is 1. The van der Waals surface area contributed by atoms with Gasteiger partial charge in [-0.2, -0.15) is 13.2 Å². The number of fused-ring (bicyclic) bond motifs is 1. The number of hydrogen-bond acceptors (Lipinski definition) is 3. The van der Waals surface area contributed by atoms with Crippen molar-refractivity contribution in [1.82, 2.24) is 0 Å². The first-order valence-electron chi connectivity index (χ1n) is 4.77. The Kier molecular flexibility index (Phi) is 3.08. The number of anilines is 1. The Hall–Kier alpha value is -1.89. The second-order valence-electron chi connectivity index (χ2n) is 3.44. The topological polar surface area (TPSA) is 46.2 Å². The quantitative estimate of drug-likeness (QED) is 0.854. The fourth-order valence-electron chi connectivity index (χ4n) is 1.48. The Balaban J connectivity index is 2.44. The molecule has 0 spiro atoms. The standard InChI is InChI=1S/C11H6F3NO2S/c12-11(13,14)10(17)15-8-2-1-6(5-16)7-3-4-18-9(7)8/h1-5H,(H,15,17). The van der Waals surface area contributed by atoms with Crippen LogP contribution in [0.25, 0.3) is 10.1 Å². The van der Waals surface area contributed by atoms with Crippen molar-refractivity contribution >= 4 is 39.3 Å². The van der Waals surface area contributed by atoms with Crippen LogP contribution in [0.5, 0.6) is 0 Å². The van der Waals surface area contributed by atoms with Gasteiger partial charge in [0.1, 0.15) is 0 Å². The monoisotopic (exact) mass is 273 g/mol. The molecule has 1 N–H and O–H groups in total. The second-order valence-corrected chi connectivity index (χ2v) is 4.35. The molecular formula is C11H6F3NO2S. The maximum Gasteiger partial charge on any atom is 0.471 e. The number of hydrogen-bond donors (Lipinski definition) is 1. The maximum atomic E-state index is 12.1. The number of alkyl halides is 3. The normalized spacial score (nSPS) is 11.5. The molecule has 1 heterocycles. The van der Waals surface area contributed by atoms with Gasteiger partial charge < -0.3 is 5.32 Å². The molecule has 0 fully saturated rings. The molecule has 1 aromatic carbocycles. The van der Waals surface area contributed by atoms with Crippen LogP contribution >= 0.6 is 11.3 Å². The molecule has 1 amide bonds. The fourth-order valence-corrected chi connectivity index (χ4v) is 2.38. The summed E-state index contributed by atoms with van der Waals surface area (Å²) in [6.45, 7) is 0. The number of amides is 1. The number of halogens is 3. The molecule has 7 heteroatoms. The highest BCUT2D eigenvalue weighted by Gasteiger charge is 2.38. The lowest BCUT2D eigenvalue weighted by atomic mass is 10.1. The first kappa shape index (κ1) is 12.6. The van der Waals surface area contributed by atoms with Gasteiger partial charge in [0.05, 0.1) is 10.4 Å². The van der Waals surface area contributed by atoms with Gasteiger partial charge in [0.25, 0.3) is 0 Å².